The van der Waals surface area contributed by atoms with E-state index >= 15 is 0 Å². The van der Waals surface area contributed by atoms with Gasteiger partial charge in [0.1, 0.15) is 0 Å². The van der Waals surface area contributed by atoms with Crippen molar-refractivity contribution < 1.29 is 4.79 Å². The molecule has 3 rings (SSSR count). The maximum atomic E-state index is 12.1. The van der Waals surface area contributed by atoms with Gasteiger partial charge in [-0.1, -0.05) is 31.4 Å². The lowest BCUT2D eigenvalue weighted by atomic mass is 9.89. The zero-order chi connectivity index (χ0) is 13.9. The molecule has 0 saturated heterocycles. The normalized spacial score (nSPS) is 16.4. The highest BCUT2D eigenvalue weighted by atomic mass is 16.2. The molecule has 0 spiro atoms. The number of aromatic nitrogens is 2. The Morgan fingerprint density at radius 1 is 1.25 bits per heavy atom. The van der Waals surface area contributed by atoms with Crippen LogP contribution in [0.5, 0.6) is 0 Å². The van der Waals surface area contributed by atoms with E-state index in [1.54, 1.807) is 18.2 Å². The maximum Gasteiger partial charge on any atom is 0.343 e. The fraction of sp³-hybridized carbons (Fsp3) is 0.467. The van der Waals surface area contributed by atoms with Crippen LogP contribution in [0.4, 0.5) is 4.79 Å². The average Bonchev–Trinajstić information content (AvgIpc) is 2.84. The number of amides is 1. The first-order chi connectivity index (χ1) is 9.75. The summed E-state index contributed by atoms with van der Waals surface area (Å²) in [7, 11) is 0. The molecule has 2 aromatic rings. The molecule has 2 N–H and O–H groups in total. The summed E-state index contributed by atoms with van der Waals surface area (Å²) >= 11 is 0. The number of carbonyl (C=O) groups is 1. The fourth-order valence-corrected chi connectivity index (χ4v) is 2.90. The van der Waals surface area contributed by atoms with Crippen LogP contribution in [0.1, 0.15) is 32.1 Å². The summed E-state index contributed by atoms with van der Waals surface area (Å²) in [5.74, 6) is 0.549. The number of nitrogens with zero attached hydrogens (tertiary/aromatic N) is 1. The first-order valence-electron chi connectivity index (χ1n) is 7.23. The van der Waals surface area contributed by atoms with Crippen molar-refractivity contribution in [3.05, 3.63) is 34.6 Å². The van der Waals surface area contributed by atoms with Gasteiger partial charge in [0, 0.05) is 6.54 Å². The molecule has 5 heteroatoms. The average molecular weight is 273 g/mol. The molecule has 1 aliphatic carbocycles. The molecule has 1 saturated carbocycles. The minimum absolute atomic E-state index is 0.290. The van der Waals surface area contributed by atoms with Crippen LogP contribution in [0, 0.1) is 5.92 Å². The van der Waals surface area contributed by atoms with Gasteiger partial charge in [0.2, 0.25) is 0 Å². The first-order valence-corrected chi connectivity index (χ1v) is 7.23. The summed E-state index contributed by atoms with van der Waals surface area (Å²) in [6.07, 6.45) is 6.12. The van der Waals surface area contributed by atoms with Gasteiger partial charge in [-0.3, -0.25) is 9.89 Å². The Balaban J connectivity index is 1.72. The van der Waals surface area contributed by atoms with Gasteiger partial charge < -0.3 is 5.32 Å². The Kier molecular flexibility index (Phi) is 3.58. The van der Waals surface area contributed by atoms with Crippen LogP contribution < -0.4 is 10.9 Å². The molecule has 1 aromatic heterocycles. The molecule has 0 aliphatic heterocycles. The predicted molar refractivity (Wildman–Crippen MR) is 77.9 cm³/mol. The minimum Gasteiger partial charge on any atom is -0.336 e. The number of rotatable bonds is 2. The van der Waals surface area contributed by atoms with Crippen molar-refractivity contribution in [2.45, 2.75) is 32.1 Å². The second-order valence-electron chi connectivity index (χ2n) is 5.49. The van der Waals surface area contributed by atoms with E-state index in [4.69, 9.17) is 0 Å². The number of hydrogen-bond donors (Lipinski definition) is 2. The standard InChI is InChI=1S/C15H19N3O2/c19-14-12-8-4-5-9-13(12)17-18(14)15(20)16-10-11-6-2-1-3-7-11/h4-5,8-9,11,17H,1-3,6-7,10H2,(H,16,20). The number of hydrogen-bond acceptors (Lipinski definition) is 2. The molecule has 0 unspecified atom stereocenters. The van der Waals surface area contributed by atoms with Crippen molar-refractivity contribution in [2.75, 3.05) is 6.54 Å². The second-order valence-corrected chi connectivity index (χ2v) is 5.49. The van der Waals surface area contributed by atoms with E-state index in [1.165, 1.54) is 32.1 Å². The maximum absolute atomic E-state index is 12.1. The highest BCUT2D eigenvalue weighted by Crippen LogP contribution is 2.22. The molecule has 106 valence electrons. The van der Waals surface area contributed by atoms with Crippen LogP contribution in [-0.2, 0) is 0 Å². The SMILES string of the molecule is O=C(NCC1CCCCC1)n1[nH]c2ccccc2c1=O. The number of nitrogens with one attached hydrogen (secondary N) is 2. The molecular formula is C15H19N3O2. The van der Waals surface area contributed by atoms with Crippen molar-refractivity contribution in [2.24, 2.45) is 5.92 Å². The smallest absolute Gasteiger partial charge is 0.336 e. The van der Waals surface area contributed by atoms with Crippen molar-refractivity contribution in [1.82, 2.24) is 15.1 Å². The van der Waals surface area contributed by atoms with Crippen LogP contribution in [0.25, 0.3) is 10.9 Å². The summed E-state index contributed by atoms with van der Waals surface area (Å²) in [6, 6.07) is 6.78. The van der Waals surface area contributed by atoms with Crippen LogP contribution in [-0.4, -0.2) is 22.4 Å². The van der Waals surface area contributed by atoms with Crippen LogP contribution in [0.3, 0.4) is 0 Å². The van der Waals surface area contributed by atoms with Crippen LogP contribution in [0.15, 0.2) is 29.1 Å². The largest absolute Gasteiger partial charge is 0.343 e. The Bertz CT molecular complexity index is 665. The van der Waals surface area contributed by atoms with Gasteiger partial charge in [-0.15, -0.1) is 0 Å². The first kappa shape index (κ1) is 13.0. The number of fused-ring (bicyclic) bond motifs is 1. The lowest BCUT2D eigenvalue weighted by Crippen LogP contribution is -2.38. The number of carbonyl (C=O) groups excluding carboxylic acids is 1. The van der Waals surface area contributed by atoms with Crippen molar-refractivity contribution in [1.29, 1.82) is 0 Å². The third-order valence-electron chi connectivity index (χ3n) is 4.06. The fourth-order valence-electron chi connectivity index (χ4n) is 2.90. The Labute approximate surface area is 117 Å². The highest BCUT2D eigenvalue weighted by molar-refractivity contribution is 5.84. The lowest BCUT2D eigenvalue weighted by molar-refractivity contribution is 0.234. The van der Waals surface area contributed by atoms with Crippen molar-refractivity contribution in [3.8, 4) is 0 Å². The topological polar surface area (TPSA) is 66.9 Å². The predicted octanol–water partition coefficient (Wildman–Crippen LogP) is 2.47. The molecule has 0 radical (unpaired) electrons. The van der Waals surface area contributed by atoms with E-state index < -0.39 is 0 Å². The van der Waals surface area contributed by atoms with Crippen LogP contribution in [0.2, 0.25) is 0 Å². The molecule has 0 atom stereocenters. The van der Waals surface area contributed by atoms with Gasteiger partial charge in [-0.2, -0.15) is 4.68 Å². The summed E-state index contributed by atoms with van der Waals surface area (Å²) in [5, 5.41) is 6.25. The molecule has 1 amide bonds. The van der Waals surface area contributed by atoms with E-state index in [0.717, 1.165) is 4.68 Å². The molecule has 0 bridgehead atoms. The molecule has 5 nitrogen and oxygen atoms in total. The molecule has 20 heavy (non-hydrogen) atoms. The third kappa shape index (κ3) is 2.48. The van der Waals surface area contributed by atoms with Gasteiger partial charge in [-0.05, 0) is 30.9 Å². The number of benzene rings is 1. The summed E-state index contributed by atoms with van der Waals surface area (Å²) in [5.41, 5.74) is 0.395. The Morgan fingerprint density at radius 2 is 2.00 bits per heavy atom. The molecular weight excluding hydrogens is 254 g/mol. The highest BCUT2D eigenvalue weighted by Gasteiger charge is 2.16. The van der Waals surface area contributed by atoms with E-state index in [2.05, 4.69) is 10.4 Å². The minimum atomic E-state index is -0.364. The second kappa shape index (κ2) is 5.53. The molecule has 1 aromatic carbocycles. The summed E-state index contributed by atoms with van der Waals surface area (Å²) in [4.78, 5) is 24.2. The number of para-hydroxylation sites is 1. The zero-order valence-corrected chi connectivity index (χ0v) is 11.4. The number of aromatic amines is 1. The van der Waals surface area contributed by atoms with Gasteiger partial charge >= 0.3 is 6.03 Å². The lowest BCUT2D eigenvalue weighted by Gasteiger charge is -2.21. The van der Waals surface area contributed by atoms with Crippen molar-refractivity contribution in [3.63, 3.8) is 0 Å². The molecule has 1 aliphatic rings. The quantitative estimate of drug-likeness (QED) is 0.882. The van der Waals surface area contributed by atoms with Gasteiger partial charge in [-0.25, -0.2) is 4.79 Å². The Hall–Kier alpha value is -2.04. The summed E-state index contributed by atoms with van der Waals surface area (Å²) in [6.45, 7) is 0.653. The monoisotopic (exact) mass is 273 g/mol. The third-order valence-corrected chi connectivity index (χ3v) is 4.06. The zero-order valence-electron chi connectivity index (χ0n) is 11.4. The van der Waals surface area contributed by atoms with E-state index in [1.807, 2.05) is 6.07 Å². The molecule has 1 fully saturated rings. The van der Waals surface area contributed by atoms with Gasteiger partial charge in [0.05, 0.1) is 10.9 Å². The van der Waals surface area contributed by atoms with E-state index in [0.29, 0.717) is 23.4 Å². The van der Waals surface area contributed by atoms with E-state index in [9.17, 15) is 9.59 Å². The Morgan fingerprint density at radius 3 is 2.75 bits per heavy atom. The summed E-state index contributed by atoms with van der Waals surface area (Å²) < 4.78 is 1.06. The van der Waals surface area contributed by atoms with Gasteiger partial charge in [0.15, 0.2) is 0 Å². The van der Waals surface area contributed by atoms with Crippen molar-refractivity contribution >= 4 is 16.9 Å². The molecule has 1 heterocycles. The van der Waals surface area contributed by atoms with E-state index in [-0.39, 0.29) is 11.6 Å². The van der Waals surface area contributed by atoms with Gasteiger partial charge in [0.25, 0.3) is 5.56 Å². The van der Waals surface area contributed by atoms with Crippen LogP contribution >= 0.6 is 0 Å². The number of H-pyrrole nitrogens is 1.